The Morgan fingerprint density at radius 3 is 2.05 bits per heavy atom. The van der Waals surface area contributed by atoms with E-state index in [9.17, 15) is 4.39 Å². The molecule has 0 fully saturated rings. The molecule has 0 aliphatic carbocycles. The summed E-state index contributed by atoms with van der Waals surface area (Å²) in [5, 5.41) is 3.10. The lowest BCUT2D eigenvalue weighted by Gasteiger charge is -2.06. The first kappa shape index (κ1) is 16.1. The van der Waals surface area contributed by atoms with E-state index in [1.807, 2.05) is 43.4 Å². The molecule has 116 valence electrons. The molecule has 0 saturated carbocycles. The van der Waals surface area contributed by atoms with Gasteiger partial charge in [-0.25, -0.2) is 4.39 Å². The summed E-state index contributed by atoms with van der Waals surface area (Å²) in [7, 11) is 1.91. The average molecular weight is 299 g/mol. The fourth-order valence-corrected chi connectivity index (χ4v) is 1.97. The van der Waals surface area contributed by atoms with Crippen molar-refractivity contribution in [2.24, 2.45) is 0 Å². The van der Waals surface area contributed by atoms with E-state index >= 15 is 0 Å². The average Bonchev–Trinajstić information content (AvgIpc) is 2.54. The van der Waals surface area contributed by atoms with Gasteiger partial charge in [0.1, 0.15) is 11.9 Å². The van der Waals surface area contributed by atoms with Crippen molar-refractivity contribution in [1.82, 2.24) is 0 Å². The van der Waals surface area contributed by atoms with Crippen LogP contribution >= 0.6 is 0 Å². The standard InChI is InChI=1S/C19H22FNO/c1-15(20)13-14-22-19-11-7-17(8-12-19)4-3-16-5-9-18(21-2)10-6-16/h3-12,15,21H,13-14H2,1-2H3. The molecule has 22 heavy (non-hydrogen) atoms. The van der Waals surface area contributed by atoms with Gasteiger partial charge in [-0.3, -0.25) is 0 Å². The maximum Gasteiger partial charge on any atom is 0.119 e. The molecule has 1 unspecified atom stereocenters. The zero-order valence-corrected chi connectivity index (χ0v) is 13.1. The second-order valence-electron chi connectivity index (χ2n) is 5.19. The Kier molecular flexibility index (Phi) is 6.01. The summed E-state index contributed by atoms with van der Waals surface area (Å²) in [5.74, 6) is 0.774. The fraction of sp³-hybridized carbons (Fsp3) is 0.263. The van der Waals surface area contributed by atoms with Gasteiger partial charge in [0, 0.05) is 19.2 Å². The first-order chi connectivity index (χ1) is 10.7. The number of alkyl halides is 1. The van der Waals surface area contributed by atoms with Crippen LogP contribution in [-0.2, 0) is 0 Å². The number of halogens is 1. The van der Waals surface area contributed by atoms with Crippen molar-refractivity contribution in [3.8, 4) is 5.75 Å². The Hall–Kier alpha value is -2.29. The van der Waals surface area contributed by atoms with E-state index in [1.54, 1.807) is 6.92 Å². The normalized spacial score (nSPS) is 12.3. The third kappa shape index (κ3) is 5.24. The van der Waals surface area contributed by atoms with Crippen molar-refractivity contribution < 1.29 is 9.13 Å². The summed E-state index contributed by atoms with van der Waals surface area (Å²) in [5.41, 5.74) is 3.35. The zero-order valence-electron chi connectivity index (χ0n) is 13.1. The molecule has 2 aromatic carbocycles. The van der Waals surface area contributed by atoms with Crippen LogP contribution in [-0.4, -0.2) is 19.8 Å². The molecular formula is C19H22FNO. The van der Waals surface area contributed by atoms with Crippen LogP contribution in [0.5, 0.6) is 5.75 Å². The summed E-state index contributed by atoms with van der Waals surface area (Å²) in [6.07, 6.45) is 3.73. The van der Waals surface area contributed by atoms with Crippen molar-refractivity contribution >= 4 is 17.8 Å². The molecule has 1 N–H and O–H groups in total. The van der Waals surface area contributed by atoms with Crippen LogP contribution in [0.3, 0.4) is 0 Å². The molecule has 3 heteroatoms. The minimum Gasteiger partial charge on any atom is -0.493 e. The van der Waals surface area contributed by atoms with Crippen LogP contribution in [0.2, 0.25) is 0 Å². The molecule has 0 spiro atoms. The third-order valence-corrected chi connectivity index (χ3v) is 3.33. The Balaban J connectivity index is 1.91. The van der Waals surface area contributed by atoms with Gasteiger partial charge in [-0.1, -0.05) is 36.4 Å². The van der Waals surface area contributed by atoms with Crippen LogP contribution < -0.4 is 10.1 Å². The van der Waals surface area contributed by atoms with E-state index in [-0.39, 0.29) is 0 Å². The van der Waals surface area contributed by atoms with Crippen LogP contribution in [0.15, 0.2) is 48.5 Å². The number of benzene rings is 2. The first-order valence-electron chi connectivity index (χ1n) is 7.50. The SMILES string of the molecule is CNc1ccc(C=Cc2ccc(OCCC(C)F)cc2)cc1. The van der Waals surface area contributed by atoms with Crippen molar-refractivity contribution in [1.29, 1.82) is 0 Å². The number of anilines is 1. The summed E-state index contributed by atoms with van der Waals surface area (Å²) >= 11 is 0. The molecule has 0 aromatic heterocycles. The summed E-state index contributed by atoms with van der Waals surface area (Å²) in [6, 6.07) is 16.0. The number of hydrogen-bond acceptors (Lipinski definition) is 2. The lowest BCUT2D eigenvalue weighted by atomic mass is 10.1. The fourth-order valence-electron chi connectivity index (χ4n) is 1.97. The minimum atomic E-state index is -0.823. The maximum absolute atomic E-state index is 12.7. The number of ether oxygens (including phenoxy) is 1. The van der Waals surface area contributed by atoms with Crippen LogP contribution in [0.25, 0.3) is 12.2 Å². The Labute approximate surface area is 131 Å². The minimum absolute atomic E-state index is 0.407. The predicted octanol–water partition coefficient (Wildman–Crippen LogP) is 5.03. The third-order valence-electron chi connectivity index (χ3n) is 3.33. The Morgan fingerprint density at radius 1 is 1.00 bits per heavy atom. The summed E-state index contributed by atoms with van der Waals surface area (Å²) < 4.78 is 18.2. The highest BCUT2D eigenvalue weighted by atomic mass is 19.1. The van der Waals surface area contributed by atoms with E-state index in [0.29, 0.717) is 13.0 Å². The highest BCUT2D eigenvalue weighted by Crippen LogP contribution is 2.16. The highest BCUT2D eigenvalue weighted by Gasteiger charge is 1.99. The van der Waals surface area contributed by atoms with E-state index in [4.69, 9.17) is 4.74 Å². The molecule has 0 radical (unpaired) electrons. The van der Waals surface area contributed by atoms with Gasteiger partial charge in [-0.2, -0.15) is 0 Å². The molecule has 1 atom stereocenters. The molecule has 0 aliphatic heterocycles. The van der Waals surface area contributed by atoms with Crippen LogP contribution in [0.4, 0.5) is 10.1 Å². The van der Waals surface area contributed by atoms with Gasteiger partial charge >= 0.3 is 0 Å². The number of rotatable bonds is 7. The van der Waals surface area contributed by atoms with Gasteiger partial charge in [0.2, 0.25) is 0 Å². The van der Waals surface area contributed by atoms with Gasteiger partial charge in [0.05, 0.1) is 6.61 Å². The smallest absolute Gasteiger partial charge is 0.119 e. The van der Waals surface area contributed by atoms with Crippen molar-refractivity contribution in [3.05, 3.63) is 59.7 Å². The van der Waals surface area contributed by atoms with E-state index in [2.05, 4.69) is 29.6 Å². The predicted molar refractivity (Wildman–Crippen MR) is 92.0 cm³/mol. The second-order valence-corrected chi connectivity index (χ2v) is 5.19. The molecule has 0 amide bonds. The van der Waals surface area contributed by atoms with Gasteiger partial charge in [-0.05, 0) is 42.3 Å². The first-order valence-corrected chi connectivity index (χ1v) is 7.50. The topological polar surface area (TPSA) is 21.3 Å². The van der Waals surface area contributed by atoms with E-state index < -0.39 is 6.17 Å². The van der Waals surface area contributed by atoms with E-state index in [1.165, 1.54) is 0 Å². The molecule has 0 saturated heterocycles. The summed E-state index contributed by atoms with van der Waals surface area (Å²) in [4.78, 5) is 0. The molecular weight excluding hydrogens is 277 g/mol. The van der Waals surface area contributed by atoms with Gasteiger partial charge in [-0.15, -0.1) is 0 Å². The molecule has 0 heterocycles. The Bertz CT molecular complexity index is 588. The molecule has 0 bridgehead atoms. The van der Waals surface area contributed by atoms with Crippen molar-refractivity contribution in [2.75, 3.05) is 19.0 Å². The van der Waals surface area contributed by atoms with E-state index in [0.717, 1.165) is 22.6 Å². The van der Waals surface area contributed by atoms with Crippen molar-refractivity contribution in [3.63, 3.8) is 0 Å². The highest BCUT2D eigenvalue weighted by molar-refractivity contribution is 5.70. The summed E-state index contributed by atoms with van der Waals surface area (Å²) in [6.45, 7) is 1.95. The maximum atomic E-state index is 12.7. The molecule has 0 aliphatic rings. The molecule has 2 rings (SSSR count). The monoisotopic (exact) mass is 299 g/mol. The quantitative estimate of drug-likeness (QED) is 0.724. The van der Waals surface area contributed by atoms with Gasteiger partial charge < -0.3 is 10.1 Å². The lowest BCUT2D eigenvalue weighted by molar-refractivity contribution is 0.247. The second kappa shape index (κ2) is 8.23. The lowest BCUT2D eigenvalue weighted by Crippen LogP contribution is -2.03. The largest absolute Gasteiger partial charge is 0.493 e. The van der Waals surface area contributed by atoms with Crippen LogP contribution in [0, 0.1) is 0 Å². The van der Waals surface area contributed by atoms with Gasteiger partial charge in [0.15, 0.2) is 0 Å². The van der Waals surface area contributed by atoms with Crippen LogP contribution in [0.1, 0.15) is 24.5 Å². The number of hydrogen-bond donors (Lipinski definition) is 1. The molecule has 2 nitrogen and oxygen atoms in total. The van der Waals surface area contributed by atoms with Gasteiger partial charge in [0.25, 0.3) is 0 Å². The number of nitrogens with one attached hydrogen (secondary N) is 1. The molecule has 2 aromatic rings. The van der Waals surface area contributed by atoms with Crippen molar-refractivity contribution in [2.45, 2.75) is 19.5 Å². The zero-order chi connectivity index (χ0) is 15.8. The Morgan fingerprint density at radius 2 is 1.55 bits per heavy atom.